The van der Waals surface area contributed by atoms with Gasteiger partial charge in [0.2, 0.25) is 0 Å². The fraction of sp³-hybridized carbons (Fsp3) is 0.261. The molecule has 2 heterocycles. The fourth-order valence-electron chi connectivity index (χ4n) is 3.07. The minimum absolute atomic E-state index is 0.250. The van der Waals surface area contributed by atoms with Crippen LogP contribution in [0.1, 0.15) is 37.7 Å². The van der Waals surface area contributed by atoms with Crippen molar-refractivity contribution in [1.29, 1.82) is 0 Å². The van der Waals surface area contributed by atoms with Crippen LogP contribution in [0.3, 0.4) is 0 Å². The molecule has 1 unspecified atom stereocenters. The molecule has 4 heteroatoms. The van der Waals surface area contributed by atoms with Crippen molar-refractivity contribution in [3.05, 3.63) is 95.4 Å². The summed E-state index contributed by atoms with van der Waals surface area (Å²) in [5, 5.41) is 0. The number of pyridine rings is 2. The van der Waals surface area contributed by atoms with Crippen molar-refractivity contribution in [2.75, 3.05) is 0 Å². The maximum atomic E-state index is 7.14. The maximum absolute atomic E-state index is 7.14. The Labute approximate surface area is 160 Å². The van der Waals surface area contributed by atoms with Crippen LogP contribution < -0.4 is 4.74 Å². The molecule has 0 amide bonds. The van der Waals surface area contributed by atoms with Gasteiger partial charge in [-0.25, -0.2) is 4.85 Å². The third-order valence-corrected chi connectivity index (χ3v) is 5.13. The van der Waals surface area contributed by atoms with Crippen LogP contribution in [0.2, 0.25) is 0 Å². The fourth-order valence-corrected chi connectivity index (χ4v) is 3.07. The molecule has 3 aromatic rings. The Kier molecular flexibility index (Phi) is 5.52. The quantitative estimate of drug-likeness (QED) is 0.542. The molecule has 27 heavy (non-hydrogen) atoms. The van der Waals surface area contributed by atoms with Crippen molar-refractivity contribution in [2.45, 2.75) is 32.8 Å². The molecule has 0 aliphatic rings. The number of hydrogen-bond acceptors (Lipinski definition) is 3. The third kappa shape index (κ3) is 3.98. The van der Waals surface area contributed by atoms with Crippen LogP contribution >= 0.6 is 0 Å². The van der Waals surface area contributed by atoms with Gasteiger partial charge in [-0.3, -0.25) is 9.97 Å². The molecular weight excluding hydrogens is 334 g/mol. The van der Waals surface area contributed by atoms with Gasteiger partial charge in [0.1, 0.15) is 12.4 Å². The summed E-state index contributed by atoms with van der Waals surface area (Å²) in [4.78, 5) is 12.4. The van der Waals surface area contributed by atoms with Crippen molar-refractivity contribution in [1.82, 2.24) is 9.97 Å². The van der Waals surface area contributed by atoms with E-state index >= 15 is 0 Å². The largest absolute Gasteiger partial charge is 0.486 e. The summed E-state index contributed by atoms with van der Waals surface area (Å²) in [6, 6.07) is 17.5. The van der Waals surface area contributed by atoms with Gasteiger partial charge in [-0.1, -0.05) is 44.2 Å². The molecule has 0 bridgehead atoms. The van der Waals surface area contributed by atoms with E-state index in [9.17, 15) is 0 Å². The number of hydrogen-bond donors (Lipinski definition) is 0. The van der Waals surface area contributed by atoms with Crippen molar-refractivity contribution >= 4 is 5.69 Å². The lowest BCUT2D eigenvalue weighted by atomic mass is 9.70. The summed E-state index contributed by atoms with van der Waals surface area (Å²) in [7, 11) is 0. The lowest BCUT2D eigenvalue weighted by Crippen LogP contribution is -2.31. The summed E-state index contributed by atoms with van der Waals surface area (Å²) in [6.07, 6.45) is 3.53. The van der Waals surface area contributed by atoms with Crippen LogP contribution in [-0.2, 0) is 12.0 Å². The van der Waals surface area contributed by atoms with E-state index in [1.165, 1.54) is 0 Å². The average Bonchev–Trinajstić information content (AvgIpc) is 2.72. The van der Waals surface area contributed by atoms with E-state index in [0.29, 0.717) is 18.2 Å². The topological polar surface area (TPSA) is 39.4 Å². The van der Waals surface area contributed by atoms with Crippen molar-refractivity contribution in [2.24, 2.45) is 5.92 Å². The van der Waals surface area contributed by atoms with E-state index in [2.05, 4.69) is 30.6 Å². The van der Waals surface area contributed by atoms with E-state index < -0.39 is 0 Å². The normalized spacial score (nSPS) is 13.0. The Bertz CT molecular complexity index is 913. The van der Waals surface area contributed by atoms with Gasteiger partial charge in [0.15, 0.2) is 5.69 Å². The van der Waals surface area contributed by atoms with Gasteiger partial charge in [-0.15, -0.1) is 0 Å². The second-order valence-electron chi connectivity index (χ2n) is 7.00. The first kappa shape index (κ1) is 18.6. The van der Waals surface area contributed by atoms with E-state index in [0.717, 1.165) is 22.7 Å². The summed E-state index contributed by atoms with van der Waals surface area (Å²) in [5.41, 5.74) is 3.42. The van der Waals surface area contributed by atoms with Crippen LogP contribution in [0.15, 0.2) is 67.0 Å². The minimum atomic E-state index is -0.250. The van der Waals surface area contributed by atoms with E-state index in [4.69, 9.17) is 16.3 Å². The van der Waals surface area contributed by atoms with Crippen LogP contribution in [0.5, 0.6) is 5.75 Å². The molecule has 0 fully saturated rings. The third-order valence-electron chi connectivity index (χ3n) is 5.13. The molecule has 2 aromatic heterocycles. The van der Waals surface area contributed by atoms with Crippen LogP contribution in [0.4, 0.5) is 5.69 Å². The van der Waals surface area contributed by atoms with Gasteiger partial charge in [0.25, 0.3) is 0 Å². The molecule has 0 saturated carbocycles. The Balaban J connectivity index is 1.82. The summed E-state index contributed by atoms with van der Waals surface area (Å²) in [6.45, 7) is 14.1. The molecule has 1 atom stereocenters. The molecule has 1 aromatic carbocycles. The Morgan fingerprint density at radius 2 is 1.81 bits per heavy atom. The lowest BCUT2D eigenvalue weighted by molar-refractivity contribution is 0.299. The number of rotatable bonds is 6. The van der Waals surface area contributed by atoms with E-state index in [1.807, 2.05) is 54.6 Å². The molecule has 0 spiro atoms. The molecule has 3 rings (SSSR count). The molecular formula is C23H23N3O. The standard InChI is InChI=1S/C23H23N3O/c1-17(2)23(3,18-8-10-19(24-4)11-9-18)22-13-12-21(15-26-22)27-16-20-7-5-6-14-25-20/h5-15,17H,16H2,1-3H3. The molecule has 0 N–H and O–H groups in total. The van der Waals surface area contributed by atoms with Gasteiger partial charge in [-0.05, 0) is 42.7 Å². The van der Waals surface area contributed by atoms with Crippen molar-refractivity contribution < 1.29 is 4.74 Å². The van der Waals surface area contributed by atoms with Gasteiger partial charge in [-0.2, -0.15) is 0 Å². The summed E-state index contributed by atoms with van der Waals surface area (Å²) < 4.78 is 5.80. The van der Waals surface area contributed by atoms with Gasteiger partial charge in [0.05, 0.1) is 24.2 Å². The summed E-state index contributed by atoms with van der Waals surface area (Å²) >= 11 is 0. The second-order valence-corrected chi connectivity index (χ2v) is 7.00. The molecule has 136 valence electrons. The van der Waals surface area contributed by atoms with Gasteiger partial charge >= 0.3 is 0 Å². The highest BCUT2D eigenvalue weighted by Crippen LogP contribution is 2.38. The van der Waals surface area contributed by atoms with Gasteiger partial charge in [0, 0.05) is 11.6 Å². The minimum Gasteiger partial charge on any atom is -0.486 e. The Morgan fingerprint density at radius 3 is 2.37 bits per heavy atom. The zero-order valence-electron chi connectivity index (χ0n) is 15.9. The number of aromatic nitrogens is 2. The first-order chi connectivity index (χ1) is 13.0. The van der Waals surface area contributed by atoms with E-state index in [-0.39, 0.29) is 5.41 Å². The molecule has 0 saturated heterocycles. The highest BCUT2D eigenvalue weighted by Gasteiger charge is 2.33. The second kappa shape index (κ2) is 8.01. The molecule has 0 aliphatic carbocycles. The van der Waals surface area contributed by atoms with E-state index in [1.54, 1.807) is 12.4 Å². The van der Waals surface area contributed by atoms with Crippen LogP contribution in [0, 0.1) is 12.5 Å². The Hall–Kier alpha value is -3.19. The molecule has 0 radical (unpaired) electrons. The first-order valence-electron chi connectivity index (χ1n) is 9.01. The summed E-state index contributed by atoms with van der Waals surface area (Å²) in [5.74, 6) is 1.06. The lowest BCUT2D eigenvalue weighted by Gasteiger charge is -2.34. The van der Waals surface area contributed by atoms with Crippen LogP contribution in [0.25, 0.3) is 4.85 Å². The SMILES string of the molecule is [C-]#[N+]c1ccc(C(C)(c2ccc(OCc3ccccn3)cn2)C(C)C)cc1. The zero-order valence-corrected chi connectivity index (χ0v) is 15.9. The number of nitrogens with zero attached hydrogens (tertiary/aromatic N) is 3. The average molecular weight is 357 g/mol. The molecule has 4 nitrogen and oxygen atoms in total. The predicted octanol–water partition coefficient (Wildman–Crippen LogP) is 5.57. The maximum Gasteiger partial charge on any atom is 0.187 e. The predicted molar refractivity (Wildman–Crippen MR) is 107 cm³/mol. The van der Waals surface area contributed by atoms with Crippen molar-refractivity contribution in [3.8, 4) is 5.75 Å². The monoisotopic (exact) mass is 357 g/mol. The highest BCUT2D eigenvalue weighted by atomic mass is 16.5. The molecule has 0 aliphatic heterocycles. The number of benzene rings is 1. The number of ether oxygens (including phenoxy) is 1. The first-order valence-corrected chi connectivity index (χ1v) is 9.01. The zero-order chi connectivity index (χ0) is 19.3. The Morgan fingerprint density at radius 1 is 1.04 bits per heavy atom. The smallest absolute Gasteiger partial charge is 0.187 e. The van der Waals surface area contributed by atoms with Gasteiger partial charge < -0.3 is 4.74 Å². The highest BCUT2D eigenvalue weighted by molar-refractivity contribution is 5.48. The van der Waals surface area contributed by atoms with Crippen LogP contribution in [-0.4, -0.2) is 9.97 Å². The van der Waals surface area contributed by atoms with Crippen molar-refractivity contribution in [3.63, 3.8) is 0 Å².